The zero-order valence-electron chi connectivity index (χ0n) is 9.27. The summed E-state index contributed by atoms with van der Waals surface area (Å²) in [5.41, 5.74) is 9.06. The monoisotopic (exact) mass is 242 g/mol. The topological polar surface area (TPSA) is 144 Å². The van der Waals surface area contributed by atoms with E-state index in [-0.39, 0.29) is 18.1 Å². The van der Waals surface area contributed by atoms with Crippen LogP contribution in [0, 0.1) is 5.92 Å². The van der Waals surface area contributed by atoms with Gasteiger partial charge in [0, 0.05) is 6.54 Å². The molecule has 0 amide bonds. The van der Waals surface area contributed by atoms with Gasteiger partial charge in [0.25, 0.3) is 5.56 Å². The van der Waals surface area contributed by atoms with Crippen LogP contribution < -0.4 is 22.7 Å². The van der Waals surface area contributed by atoms with Crippen molar-refractivity contribution in [1.29, 1.82) is 0 Å². The smallest absolute Gasteiger partial charge is 0.330 e. The Morgan fingerprint density at radius 2 is 2.06 bits per heavy atom. The SMILES string of the molecule is CCC(Cn1c(N)c(N)c(=O)[nH]c1=O)C(=O)O. The summed E-state index contributed by atoms with van der Waals surface area (Å²) in [5.74, 6) is -2.01. The second-order valence-corrected chi connectivity index (χ2v) is 3.61. The average Bonchev–Trinajstić information content (AvgIpc) is 2.26. The Morgan fingerprint density at radius 3 is 2.53 bits per heavy atom. The van der Waals surface area contributed by atoms with Crippen molar-refractivity contribution in [2.75, 3.05) is 11.5 Å². The number of carbonyl (C=O) groups is 1. The summed E-state index contributed by atoms with van der Waals surface area (Å²) in [6.45, 7) is 1.55. The van der Waals surface area contributed by atoms with E-state index in [1.54, 1.807) is 6.92 Å². The molecular formula is C9H14N4O4. The first-order chi connectivity index (χ1) is 7.88. The molecule has 1 heterocycles. The summed E-state index contributed by atoms with van der Waals surface area (Å²) < 4.78 is 0.957. The number of nitrogens with zero attached hydrogens (tertiary/aromatic N) is 1. The second kappa shape index (κ2) is 4.73. The fourth-order valence-electron chi connectivity index (χ4n) is 1.39. The Hall–Kier alpha value is -2.25. The molecule has 1 aromatic heterocycles. The highest BCUT2D eigenvalue weighted by Crippen LogP contribution is 2.11. The van der Waals surface area contributed by atoms with E-state index in [0.29, 0.717) is 6.42 Å². The molecule has 0 aliphatic carbocycles. The Balaban J connectivity index is 3.24. The van der Waals surface area contributed by atoms with Gasteiger partial charge in [-0.15, -0.1) is 0 Å². The standard InChI is InChI=1S/C9H14N4O4/c1-2-4(8(15)16)3-13-6(11)5(10)7(14)12-9(13)17/h4H,2-3,10-11H2,1H3,(H,15,16)(H,12,14,17). The van der Waals surface area contributed by atoms with Crippen molar-refractivity contribution in [3.05, 3.63) is 20.8 Å². The Kier molecular flexibility index (Phi) is 3.56. The Bertz CT molecular complexity index is 545. The number of nitrogen functional groups attached to an aromatic ring is 2. The molecular weight excluding hydrogens is 228 g/mol. The number of aromatic nitrogens is 2. The van der Waals surface area contributed by atoms with Gasteiger partial charge in [-0.25, -0.2) is 4.79 Å². The average molecular weight is 242 g/mol. The van der Waals surface area contributed by atoms with E-state index in [0.717, 1.165) is 4.57 Å². The largest absolute Gasteiger partial charge is 0.481 e. The predicted octanol–water partition coefficient (Wildman–Crippen LogP) is -1.19. The van der Waals surface area contributed by atoms with Crippen molar-refractivity contribution in [2.45, 2.75) is 19.9 Å². The van der Waals surface area contributed by atoms with E-state index in [1.165, 1.54) is 0 Å². The molecule has 0 bridgehead atoms. The predicted molar refractivity (Wildman–Crippen MR) is 61.6 cm³/mol. The minimum absolute atomic E-state index is 0.127. The lowest BCUT2D eigenvalue weighted by Gasteiger charge is -2.14. The number of hydrogen-bond donors (Lipinski definition) is 4. The van der Waals surface area contributed by atoms with Gasteiger partial charge in [-0.2, -0.15) is 0 Å². The number of carboxylic acid groups (broad SMARTS) is 1. The molecule has 0 saturated carbocycles. The molecule has 0 radical (unpaired) electrons. The molecule has 8 nitrogen and oxygen atoms in total. The van der Waals surface area contributed by atoms with Crippen LogP contribution in [0.25, 0.3) is 0 Å². The molecule has 0 spiro atoms. The summed E-state index contributed by atoms with van der Waals surface area (Å²) in [4.78, 5) is 35.4. The van der Waals surface area contributed by atoms with E-state index in [9.17, 15) is 14.4 Å². The minimum atomic E-state index is -1.04. The van der Waals surface area contributed by atoms with Gasteiger partial charge in [0.2, 0.25) is 0 Å². The Morgan fingerprint density at radius 1 is 1.47 bits per heavy atom. The highest BCUT2D eigenvalue weighted by atomic mass is 16.4. The summed E-state index contributed by atoms with van der Waals surface area (Å²) >= 11 is 0. The van der Waals surface area contributed by atoms with Crippen LogP contribution in [0.3, 0.4) is 0 Å². The highest BCUT2D eigenvalue weighted by Gasteiger charge is 2.19. The third-order valence-corrected chi connectivity index (χ3v) is 2.52. The molecule has 8 heteroatoms. The van der Waals surface area contributed by atoms with E-state index in [1.807, 2.05) is 4.98 Å². The van der Waals surface area contributed by atoms with Gasteiger partial charge in [0.05, 0.1) is 5.92 Å². The highest BCUT2D eigenvalue weighted by molar-refractivity contribution is 5.70. The molecule has 6 N–H and O–H groups in total. The van der Waals surface area contributed by atoms with Crippen molar-refractivity contribution in [1.82, 2.24) is 9.55 Å². The molecule has 0 aliphatic heterocycles. The van der Waals surface area contributed by atoms with Crippen molar-refractivity contribution in [3.8, 4) is 0 Å². The van der Waals surface area contributed by atoms with Crippen molar-refractivity contribution >= 4 is 17.5 Å². The van der Waals surface area contributed by atoms with Gasteiger partial charge >= 0.3 is 11.7 Å². The number of carboxylic acids is 1. The molecule has 1 unspecified atom stereocenters. The van der Waals surface area contributed by atoms with Crippen LogP contribution in [0.4, 0.5) is 11.5 Å². The van der Waals surface area contributed by atoms with Crippen LogP contribution in [0.2, 0.25) is 0 Å². The van der Waals surface area contributed by atoms with Gasteiger partial charge in [-0.05, 0) is 6.42 Å². The van der Waals surface area contributed by atoms with E-state index in [2.05, 4.69) is 0 Å². The number of H-pyrrole nitrogens is 1. The van der Waals surface area contributed by atoms with Crippen LogP contribution in [-0.4, -0.2) is 20.6 Å². The summed E-state index contributed by atoms with van der Waals surface area (Å²) in [7, 11) is 0. The minimum Gasteiger partial charge on any atom is -0.481 e. The van der Waals surface area contributed by atoms with E-state index in [4.69, 9.17) is 16.6 Å². The van der Waals surface area contributed by atoms with Crippen LogP contribution in [-0.2, 0) is 11.3 Å². The summed E-state index contributed by atoms with van der Waals surface area (Å²) in [6, 6.07) is 0. The van der Waals surface area contributed by atoms with Crippen molar-refractivity contribution in [3.63, 3.8) is 0 Å². The van der Waals surface area contributed by atoms with Gasteiger partial charge in [0.15, 0.2) is 0 Å². The normalized spacial score (nSPS) is 12.3. The van der Waals surface area contributed by atoms with Gasteiger partial charge in [0.1, 0.15) is 11.5 Å². The number of nitrogens with one attached hydrogen (secondary N) is 1. The molecule has 0 aliphatic rings. The third-order valence-electron chi connectivity index (χ3n) is 2.52. The maximum absolute atomic E-state index is 11.5. The first-order valence-corrected chi connectivity index (χ1v) is 4.99. The zero-order chi connectivity index (χ0) is 13.2. The maximum atomic E-state index is 11.5. The first-order valence-electron chi connectivity index (χ1n) is 4.99. The summed E-state index contributed by atoms with van der Waals surface area (Å²) in [6.07, 6.45) is 0.334. The fourth-order valence-corrected chi connectivity index (χ4v) is 1.39. The summed E-state index contributed by atoms with van der Waals surface area (Å²) in [5, 5.41) is 8.88. The molecule has 1 atom stereocenters. The molecule has 17 heavy (non-hydrogen) atoms. The lowest BCUT2D eigenvalue weighted by molar-refractivity contribution is -0.142. The Labute approximate surface area is 95.9 Å². The molecule has 94 valence electrons. The van der Waals surface area contributed by atoms with Crippen LogP contribution in [0.5, 0.6) is 0 Å². The van der Waals surface area contributed by atoms with Crippen molar-refractivity contribution in [2.24, 2.45) is 5.92 Å². The second-order valence-electron chi connectivity index (χ2n) is 3.61. The number of anilines is 2. The zero-order valence-corrected chi connectivity index (χ0v) is 9.27. The van der Waals surface area contributed by atoms with Crippen LogP contribution >= 0.6 is 0 Å². The van der Waals surface area contributed by atoms with Crippen molar-refractivity contribution < 1.29 is 9.90 Å². The van der Waals surface area contributed by atoms with E-state index >= 15 is 0 Å². The van der Waals surface area contributed by atoms with Gasteiger partial charge < -0.3 is 16.6 Å². The number of rotatable bonds is 4. The number of hydrogen-bond acceptors (Lipinski definition) is 5. The molecule has 0 aromatic carbocycles. The lowest BCUT2D eigenvalue weighted by atomic mass is 10.1. The molecule has 1 aromatic rings. The third kappa shape index (κ3) is 2.47. The number of aliphatic carboxylic acids is 1. The van der Waals surface area contributed by atoms with Crippen LogP contribution in [0.15, 0.2) is 9.59 Å². The fraction of sp³-hybridized carbons (Fsp3) is 0.444. The number of nitrogens with two attached hydrogens (primary N) is 2. The first kappa shape index (κ1) is 12.8. The lowest BCUT2D eigenvalue weighted by Crippen LogP contribution is -2.36. The van der Waals surface area contributed by atoms with Gasteiger partial charge in [-0.1, -0.05) is 6.92 Å². The van der Waals surface area contributed by atoms with Gasteiger partial charge in [-0.3, -0.25) is 19.1 Å². The molecule has 1 rings (SSSR count). The maximum Gasteiger partial charge on any atom is 0.330 e. The van der Waals surface area contributed by atoms with E-state index < -0.39 is 23.1 Å². The molecule has 0 saturated heterocycles. The number of aromatic amines is 1. The van der Waals surface area contributed by atoms with Crippen LogP contribution in [0.1, 0.15) is 13.3 Å². The quantitative estimate of drug-likeness (QED) is 0.522. The molecule has 0 fully saturated rings.